The Bertz CT molecular complexity index is 1250. The van der Waals surface area contributed by atoms with Crippen LogP contribution in [0.3, 0.4) is 0 Å². The van der Waals surface area contributed by atoms with Gasteiger partial charge in [0.1, 0.15) is 16.1 Å². The summed E-state index contributed by atoms with van der Waals surface area (Å²) in [7, 11) is 2.66. The number of carbonyl (C=O) groups is 1. The van der Waals surface area contributed by atoms with Gasteiger partial charge < -0.3 is 9.84 Å². The van der Waals surface area contributed by atoms with Crippen molar-refractivity contribution in [1.82, 2.24) is 9.13 Å². The lowest BCUT2D eigenvalue weighted by Crippen LogP contribution is -2.38. The Kier molecular flexibility index (Phi) is 6.02. The van der Waals surface area contributed by atoms with Gasteiger partial charge in [-0.2, -0.15) is 0 Å². The zero-order valence-electron chi connectivity index (χ0n) is 17.0. The predicted octanol–water partition coefficient (Wildman–Crippen LogP) is 2.75. The summed E-state index contributed by atoms with van der Waals surface area (Å²) in [4.78, 5) is 42.2. The van der Waals surface area contributed by atoms with Crippen LogP contribution < -0.4 is 11.2 Å². The molecular weight excluding hydrogens is 406 g/mol. The van der Waals surface area contributed by atoms with Crippen molar-refractivity contribution in [2.45, 2.75) is 13.8 Å². The summed E-state index contributed by atoms with van der Waals surface area (Å²) < 4.78 is 7.06. The third-order valence-corrected chi connectivity index (χ3v) is 5.60. The second kappa shape index (κ2) is 8.50. The van der Waals surface area contributed by atoms with E-state index in [4.69, 9.17) is 4.74 Å². The molecule has 156 valence electrons. The van der Waals surface area contributed by atoms with Crippen LogP contribution in [0.25, 0.3) is 11.1 Å². The maximum Gasteiger partial charge on any atom is 0.341 e. The highest BCUT2D eigenvalue weighted by Gasteiger charge is 2.24. The molecule has 0 aliphatic carbocycles. The summed E-state index contributed by atoms with van der Waals surface area (Å²) in [5.41, 5.74) is 0.360. The summed E-state index contributed by atoms with van der Waals surface area (Å²) >= 11 is 1.27. The molecule has 0 aliphatic rings. The van der Waals surface area contributed by atoms with E-state index in [9.17, 15) is 19.5 Å². The van der Waals surface area contributed by atoms with Crippen molar-refractivity contribution in [1.29, 1.82) is 0 Å². The standard InChI is InChI=1S/C21H21N3O5S/c1-5-29-20(27)16-15(13-9-7-6-8-10-13)12(2)30-17(16)22-11-14-18(25)23(3)21(28)24(4)19(14)26/h6-11,25H,5H2,1-4H3/b22-11+. The smallest absolute Gasteiger partial charge is 0.341 e. The fraction of sp³-hybridized carbons (Fsp3) is 0.238. The molecule has 3 rings (SSSR count). The van der Waals surface area contributed by atoms with Crippen LogP contribution in [-0.4, -0.2) is 33.0 Å². The molecule has 8 nitrogen and oxygen atoms in total. The van der Waals surface area contributed by atoms with E-state index in [1.165, 1.54) is 31.6 Å². The zero-order valence-corrected chi connectivity index (χ0v) is 17.8. The van der Waals surface area contributed by atoms with Crippen LogP contribution in [0.2, 0.25) is 0 Å². The predicted molar refractivity (Wildman–Crippen MR) is 116 cm³/mol. The fourth-order valence-corrected chi connectivity index (χ4v) is 4.07. The molecule has 0 fully saturated rings. The molecule has 1 N–H and O–H groups in total. The molecule has 9 heteroatoms. The maximum atomic E-state index is 12.7. The number of thiophene rings is 1. The van der Waals surface area contributed by atoms with Gasteiger partial charge in [0, 0.05) is 30.8 Å². The van der Waals surface area contributed by atoms with Crippen molar-refractivity contribution in [2.24, 2.45) is 19.1 Å². The molecule has 0 bridgehead atoms. The first-order valence-corrected chi connectivity index (χ1v) is 9.98. The number of aromatic hydroxyl groups is 1. The number of aliphatic imine (C=N–C) groups is 1. The van der Waals surface area contributed by atoms with E-state index in [1.54, 1.807) is 6.92 Å². The molecule has 0 aliphatic heterocycles. The molecular formula is C21H21N3O5S. The highest BCUT2D eigenvalue weighted by Crippen LogP contribution is 2.41. The van der Waals surface area contributed by atoms with Crippen molar-refractivity contribution in [3.63, 3.8) is 0 Å². The van der Waals surface area contributed by atoms with Crippen LogP contribution >= 0.6 is 11.3 Å². The van der Waals surface area contributed by atoms with Crippen LogP contribution in [0.15, 0.2) is 44.9 Å². The van der Waals surface area contributed by atoms with Gasteiger partial charge in [-0.1, -0.05) is 30.3 Å². The number of benzene rings is 1. The van der Waals surface area contributed by atoms with Crippen LogP contribution in [0.1, 0.15) is 27.7 Å². The van der Waals surface area contributed by atoms with Gasteiger partial charge in [0.05, 0.1) is 6.61 Å². The molecule has 0 saturated carbocycles. The lowest BCUT2D eigenvalue weighted by molar-refractivity contribution is 0.0528. The summed E-state index contributed by atoms with van der Waals surface area (Å²) in [5, 5.41) is 10.6. The Labute approximate surface area is 176 Å². The van der Waals surface area contributed by atoms with Crippen molar-refractivity contribution >= 4 is 28.5 Å². The molecule has 3 aromatic rings. The van der Waals surface area contributed by atoms with Gasteiger partial charge in [0.2, 0.25) is 5.88 Å². The average Bonchev–Trinajstić information content (AvgIpc) is 3.07. The minimum absolute atomic E-state index is 0.151. The van der Waals surface area contributed by atoms with E-state index in [-0.39, 0.29) is 12.2 Å². The first kappa shape index (κ1) is 21.3. The highest BCUT2D eigenvalue weighted by atomic mass is 32.1. The Morgan fingerprint density at radius 2 is 1.87 bits per heavy atom. The number of carbonyl (C=O) groups excluding carboxylic acids is 1. The molecule has 2 heterocycles. The lowest BCUT2D eigenvalue weighted by Gasteiger charge is -2.08. The summed E-state index contributed by atoms with van der Waals surface area (Å²) in [6.45, 7) is 3.79. The molecule has 0 unspecified atom stereocenters. The molecule has 0 radical (unpaired) electrons. The van der Waals surface area contributed by atoms with Gasteiger partial charge in [0.15, 0.2) is 0 Å². The molecule has 0 atom stereocenters. The number of ether oxygens (including phenoxy) is 1. The Hall–Kier alpha value is -3.46. The lowest BCUT2D eigenvalue weighted by atomic mass is 10.0. The van der Waals surface area contributed by atoms with Crippen molar-refractivity contribution in [3.05, 3.63) is 67.2 Å². The molecule has 0 amide bonds. The summed E-state index contributed by atoms with van der Waals surface area (Å²) in [5.74, 6) is -1.02. The van der Waals surface area contributed by atoms with E-state index >= 15 is 0 Å². The zero-order chi connectivity index (χ0) is 22.0. The van der Waals surface area contributed by atoms with Crippen LogP contribution in [0.5, 0.6) is 5.88 Å². The second-order valence-corrected chi connectivity index (χ2v) is 7.70. The fourth-order valence-electron chi connectivity index (χ4n) is 3.06. The summed E-state index contributed by atoms with van der Waals surface area (Å²) in [6.07, 6.45) is 1.17. The number of nitrogens with zero attached hydrogens (tertiary/aromatic N) is 3. The third kappa shape index (κ3) is 3.71. The maximum absolute atomic E-state index is 12.7. The van der Waals surface area contributed by atoms with Gasteiger partial charge in [-0.3, -0.25) is 13.9 Å². The van der Waals surface area contributed by atoms with E-state index in [1.807, 2.05) is 37.3 Å². The number of hydrogen-bond donors (Lipinski definition) is 1. The van der Waals surface area contributed by atoms with Gasteiger partial charge in [0.25, 0.3) is 5.56 Å². The molecule has 1 aromatic carbocycles. The molecule has 0 saturated heterocycles. The number of rotatable bonds is 5. The minimum Gasteiger partial charge on any atom is -0.494 e. The van der Waals surface area contributed by atoms with Crippen LogP contribution in [-0.2, 0) is 18.8 Å². The number of aryl methyl sites for hydroxylation is 1. The van der Waals surface area contributed by atoms with Gasteiger partial charge in [-0.25, -0.2) is 14.6 Å². The topological polar surface area (TPSA) is 103 Å². The van der Waals surface area contributed by atoms with Gasteiger partial charge >= 0.3 is 11.7 Å². The van der Waals surface area contributed by atoms with Crippen molar-refractivity contribution in [3.8, 4) is 17.0 Å². The molecule has 2 aromatic heterocycles. The first-order valence-electron chi connectivity index (χ1n) is 9.16. The summed E-state index contributed by atoms with van der Waals surface area (Å²) in [6, 6.07) is 9.40. The van der Waals surface area contributed by atoms with Crippen LogP contribution in [0.4, 0.5) is 5.00 Å². The minimum atomic E-state index is -0.686. The van der Waals surface area contributed by atoms with Gasteiger partial charge in [-0.15, -0.1) is 11.3 Å². The van der Waals surface area contributed by atoms with E-state index in [2.05, 4.69) is 4.99 Å². The molecule has 30 heavy (non-hydrogen) atoms. The number of hydrogen-bond acceptors (Lipinski definition) is 7. The van der Waals surface area contributed by atoms with E-state index < -0.39 is 23.1 Å². The second-order valence-electron chi connectivity index (χ2n) is 6.50. The first-order chi connectivity index (χ1) is 14.3. The largest absolute Gasteiger partial charge is 0.494 e. The SMILES string of the molecule is CCOC(=O)c1c(/N=C/c2c(O)n(C)c(=O)n(C)c2=O)sc(C)c1-c1ccccc1. The molecule has 0 spiro atoms. The third-order valence-electron chi connectivity index (χ3n) is 4.59. The average molecular weight is 427 g/mol. The van der Waals surface area contributed by atoms with Crippen molar-refractivity contribution < 1.29 is 14.6 Å². The normalized spacial score (nSPS) is 11.2. The van der Waals surface area contributed by atoms with Gasteiger partial charge in [-0.05, 0) is 19.4 Å². The monoisotopic (exact) mass is 427 g/mol. The Morgan fingerprint density at radius 3 is 2.50 bits per heavy atom. The van der Waals surface area contributed by atoms with E-state index in [0.29, 0.717) is 16.1 Å². The van der Waals surface area contributed by atoms with Crippen molar-refractivity contribution in [2.75, 3.05) is 6.61 Å². The Balaban J connectivity index is 2.20. The highest BCUT2D eigenvalue weighted by molar-refractivity contribution is 7.16. The number of aromatic nitrogens is 2. The quantitative estimate of drug-likeness (QED) is 0.498. The van der Waals surface area contributed by atoms with Crippen LogP contribution in [0, 0.1) is 6.92 Å². The Morgan fingerprint density at radius 1 is 1.20 bits per heavy atom. The van der Waals surface area contributed by atoms with E-state index in [0.717, 1.165) is 19.6 Å². The number of esters is 1.